The van der Waals surface area contributed by atoms with Gasteiger partial charge in [-0.05, 0) is 18.9 Å². The molecule has 0 saturated heterocycles. The fourth-order valence-corrected chi connectivity index (χ4v) is 2.90. The second kappa shape index (κ2) is 5.17. The summed E-state index contributed by atoms with van der Waals surface area (Å²) in [5.41, 5.74) is -0.0875. The molecule has 0 heterocycles. The van der Waals surface area contributed by atoms with Gasteiger partial charge >= 0.3 is 0 Å². The summed E-state index contributed by atoms with van der Waals surface area (Å²) in [5, 5.41) is 9.06. The maximum atomic E-state index is 12.3. The highest BCUT2D eigenvalue weighted by atomic mass is 32.2. The number of ketones is 2. The van der Waals surface area contributed by atoms with Crippen molar-refractivity contribution in [3.05, 3.63) is 29.8 Å². The zero-order chi connectivity index (χ0) is 14.9. The third-order valence-corrected chi connectivity index (χ3v) is 4.36. The number of carbonyl (C=O) groups is 2. The number of nitriles is 1. The third-order valence-electron chi connectivity index (χ3n) is 3.21. The molecule has 0 aromatic heterocycles. The molecule has 6 heteroatoms. The molecule has 0 bridgehead atoms. The van der Waals surface area contributed by atoms with E-state index >= 15 is 0 Å². The van der Waals surface area contributed by atoms with E-state index in [0.717, 1.165) is 6.26 Å². The highest BCUT2D eigenvalue weighted by Gasteiger charge is 2.39. The van der Waals surface area contributed by atoms with E-state index in [1.54, 1.807) is 6.07 Å². The molecule has 1 fully saturated rings. The van der Waals surface area contributed by atoms with E-state index in [1.807, 2.05) is 0 Å². The second-order valence-electron chi connectivity index (χ2n) is 4.87. The maximum absolute atomic E-state index is 12.3. The Bertz CT molecular complexity index is 711. The first kappa shape index (κ1) is 14.4. The summed E-state index contributed by atoms with van der Waals surface area (Å²) in [6.45, 7) is 0. The van der Waals surface area contributed by atoms with Gasteiger partial charge in [-0.2, -0.15) is 5.26 Å². The largest absolute Gasteiger partial charge is 0.297 e. The lowest BCUT2D eigenvalue weighted by Gasteiger charge is -2.10. The number of hydrogen-bond acceptors (Lipinski definition) is 5. The van der Waals surface area contributed by atoms with Crippen molar-refractivity contribution in [2.45, 2.75) is 17.7 Å². The normalized spacial score (nSPS) is 16.2. The van der Waals surface area contributed by atoms with Crippen LogP contribution in [0.25, 0.3) is 0 Å². The monoisotopic (exact) mass is 291 g/mol. The van der Waals surface area contributed by atoms with Gasteiger partial charge in [0.1, 0.15) is 0 Å². The Hall–Kier alpha value is -2.00. The molecule has 2 rings (SSSR count). The first-order valence-corrected chi connectivity index (χ1v) is 8.02. The lowest BCUT2D eigenvalue weighted by Crippen LogP contribution is -2.25. The van der Waals surface area contributed by atoms with Crippen LogP contribution in [0.3, 0.4) is 0 Å². The fraction of sp³-hybridized carbons (Fsp3) is 0.357. The van der Waals surface area contributed by atoms with Gasteiger partial charge in [0.05, 0.1) is 11.0 Å². The van der Waals surface area contributed by atoms with Gasteiger partial charge in [-0.15, -0.1) is 0 Å². The first-order valence-electron chi connectivity index (χ1n) is 6.13. The van der Waals surface area contributed by atoms with Crippen LogP contribution in [-0.2, 0) is 14.6 Å². The van der Waals surface area contributed by atoms with Crippen LogP contribution in [0.2, 0.25) is 0 Å². The number of nitrogens with zero attached hydrogens (tertiary/aromatic N) is 1. The molecule has 1 saturated carbocycles. The zero-order valence-corrected chi connectivity index (χ0v) is 11.7. The lowest BCUT2D eigenvalue weighted by molar-refractivity contribution is -0.121. The third kappa shape index (κ3) is 2.78. The number of benzene rings is 1. The molecule has 1 aliphatic carbocycles. The second-order valence-corrected chi connectivity index (χ2v) is 6.86. The predicted octanol–water partition coefficient (Wildman–Crippen LogP) is 1.39. The zero-order valence-electron chi connectivity index (χ0n) is 10.9. The van der Waals surface area contributed by atoms with Crippen molar-refractivity contribution in [2.75, 3.05) is 6.26 Å². The van der Waals surface area contributed by atoms with Crippen LogP contribution in [0.1, 0.15) is 23.2 Å². The summed E-state index contributed by atoms with van der Waals surface area (Å²) >= 11 is 0. The van der Waals surface area contributed by atoms with Gasteiger partial charge in [-0.1, -0.05) is 18.2 Å². The van der Waals surface area contributed by atoms with E-state index in [0.29, 0.717) is 12.8 Å². The number of carbonyl (C=O) groups excluding carboxylic acids is 2. The van der Waals surface area contributed by atoms with Gasteiger partial charge in [0.2, 0.25) is 0 Å². The summed E-state index contributed by atoms with van der Waals surface area (Å²) in [6, 6.07) is 7.36. The van der Waals surface area contributed by atoms with Crippen molar-refractivity contribution in [2.24, 2.45) is 11.8 Å². The van der Waals surface area contributed by atoms with E-state index in [9.17, 15) is 18.0 Å². The molecule has 5 nitrogen and oxygen atoms in total. The molecular formula is C14H13NO4S. The average molecular weight is 291 g/mol. The highest BCUT2D eigenvalue weighted by Crippen LogP contribution is 2.33. The molecule has 1 atom stereocenters. The van der Waals surface area contributed by atoms with Crippen molar-refractivity contribution in [1.82, 2.24) is 0 Å². The van der Waals surface area contributed by atoms with Gasteiger partial charge in [0.25, 0.3) is 0 Å². The number of Topliss-reactive ketones (excluding diaryl/α,β-unsaturated/α-hetero) is 2. The first-order chi connectivity index (χ1) is 9.36. The Morgan fingerprint density at radius 2 is 1.90 bits per heavy atom. The van der Waals surface area contributed by atoms with Crippen molar-refractivity contribution in [3.63, 3.8) is 0 Å². The highest BCUT2D eigenvalue weighted by molar-refractivity contribution is 7.90. The fourth-order valence-electron chi connectivity index (χ4n) is 2.00. The van der Waals surface area contributed by atoms with Gasteiger partial charge < -0.3 is 0 Å². The topological polar surface area (TPSA) is 92.1 Å². The minimum atomic E-state index is -3.59. The molecule has 0 aliphatic heterocycles. The van der Waals surface area contributed by atoms with E-state index in [-0.39, 0.29) is 16.4 Å². The maximum Gasteiger partial charge on any atom is 0.188 e. The van der Waals surface area contributed by atoms with Gasteiger partial charge in [0, 0.05) is 17.7 Å². The van der Waals surface area contributed by atoms with E-state index < -0.39 is 27.3 Å². The Morgan fingerprint density at radius 3 is 2.40 bits per heavy atom. The van der Waals surface area contributed by atoms with Crippen molar-refractivity contribution in [1.29, 1.82) is 5.26 Å². The van der Waals surface area contributed by atoms with Crippen LogP contribution < -0.4 is 0 Å². The Kier molecular flexibility index (Phi) is 3.73. The summed E-state index contributed by atoms with van der Waals surface area (Å²) in [5.74, 6) is -2.77. The van der Waals surface area contributed by atoms with Crippen molar-refractivity contribution >= 4 is 21.4 Å². The molecule has 104 valence electrons. The molecule has 0 N–H and O–H groups in total. The van der Waals surface area contributed by atoms with Crippen molar-refractivity contribution < 1.29 is 18.0 Å². The van der Waals surface area contributed by atoms with Crippen molar-refractivity contribution in [3.8, 4) is 6.07 Å². The number of sulfone groups is 1. The van der Waals surface area contributed by atoms with Gasteiger partial charge in [0.15, 0.2) is 27.3 Å². The Morgan fingerprint density at radius 1 is 1.30 bits per heavy atom. The molecule has 0 radical (unpaired) electrons. The van der Waals surface area contributed by atoms with Gasteiger partial charge in [-0.3, -0.25) is 9.59 Å². The molecule has 1 aromatic rings. The minimum Gasteiger partial charge on any atom is -0.297 e. The van der Waals surface area contributed by atoms with Crippen LogP contribution in [0.5, 0.6) is 0 Å². The Balaban J connectivity index is 2.43. The van der Waals surface area contributed by atoms with Crippen LogP contribution in [0, 0.1) is 23.2 Å². The summed E-state index contributed by atoms with van der Waals surface area (Å²) in [7, 11) is -3.59. The van der Waals surface area contributed by atoms with E-state index in [2.05, 4.69) is 0 Å². The van der Waals surface area contributed by atoms with Crippen LogP contribution in [0.4, 0.5) is 0 Å². The standard InChI is InChI=1S/C14H13NO4S/c1-20(18,19)12-5-3-2-4-10(12)14(17)11(8-15)13(16)9-6-7-9/h2-5,9,11H,6-7H2,1H3. The molecule has 0 spiro atoms. The van der Waals surface area contributed by atoms with Gasteiger partial charge in [-0.25, -0.2) is 8.42 Å². The van der Waals surface area contributed by atoms with E-state index in [1.165, 1.54) is 24.3 Å². The molecule has 1 aromatic carbocycles. The molecule has 1 aliphatic rings. The predicted molar refractivity (Wildman–Crippen MR) is 70.7 cm³/mol. The van der Waals surface area contributed by atoms with Crippen LogP contribution in [-0.4, -0.2) is 26.2 Å². The minimum absolute atomic E-state index is 0.0875. The number of rotatable bonds is 5. The number of hydrogen-bond donors (Lipinski definition) is 0. The smallest absolute Gasteiger partial charge is 0.188 e. The summed E-state index contributed by atoms with van der Waals surface area (Å²) in [6.07, 6.45) is 2.37. The quantitative estimate of drug-likeness (QED) is 0.604. The van der Waals surface area contributed by atoms with Crippen LogP contribution in [0.15, 0.2) is 29.2 Å². The summed E-state index contributed by atoms with van der Waals surface area (Å²) < 4.78 is 23.3. The molecule has 20 heavy (non-hydrogen) atoms. The average Bonchev–Trinajstić information content (AvgIpc) is 3.22. The molecule has 1 unspecified atom stereocenters. The molecule has 0 amide bonds. The lowest BCUT2D eigenvalue weighted by atomic mass is 9.92. The Labute approximate surface area is 117 Å². The summed E-state index contributed by atoms with van der Waals surface area (Å²) in [4.78, 5) is 24.1. The van der Waals surface area contributed by atoms with Crippen LogP contribution >= 0.6 is 0 Å². The molecular weight excluding hydrogens is 278 g/mol. The SMILES string of the molecule is CS(=O)(=O)c1ccccc1C(=O)C(C#N)C(=O)C1CC1. The van der Waals surface area contributed by atoms with E-state index in [4.69, 9.17) is 5.26 Å².